The second-order valence-electron chi connectivity index (χ2n) is 4.90. The Labute approximate surface area is 146 Å². The second kappa shape index (κ2) is 8.47. The molecule has 0 fully saturated rings. The van der Waals surface area contributed by atoms with Crippen LogP contribution in [0.3, 0.4) is 0 Å². The van der Waals surface area contributed by atoms with Crippen LogP contribution in [-0.4, -0.2) is 24.5 Å². The highest BCUT2D eigenvalue weighted by atomic mass is 35.5. The zero-order valence-corrected chi connectivity index (χ0v) is 14.2. The highest BCUT2D eigenvalue weighted by Gasteiger charge is 2.11. The number of carbonyl (C=O) groups excluding carboxylic acids is 1. The van der Waals surface area contributed by atoms with Crippen molar-refractivity contribution in [3.63, 3.8) is 0 Å². The SMILES string of the molecule is CN(Cc1cccc(Cl)c1Cl)C(=O)NCC#Cc1ccccc1. The van der Waals surface area contributed by atoms with Crippen LogP contribution < -0.4 is 5.32 Å². The van der Waals surface area contributed by atoms with Gasteiger partial charge in [0.05, 0.1) is 16.6 Å². The first-order chi connectivity index (χ1) is 11.1. The molecule has 0 aliphatic rings. The van der Waals surface area contributed by atoms with Gasteiger partial charge in [-0.3, -0.25) is 0 Å². The third-order valence-corrected chi connectivity index (χ3v) is 3.98. The van der Waals surface area contributed by atoms with Gasteiger partial charge in [0.15, 0.2) is 0 Å². The van der Waals surface area contributed by atoms with Gasteiger partial charge >= 0.3 is 6.03 Å². The smallest absolute Gasteiger partial charge is 0.318 e. The van der Waals surface area contributed by atoms with Crippen LogP contribution in [0.4, 0.5) is 4.79 Å². The van der Waals surface area contributed by atoms with Gasteiger partial charge in [-0.2, -0.15) is 0 Å². The number of urea groups is 1. The van der Waals surface area contributed by atoms with Crippen molar-refractivity contribution in [2.24, 2.45) is 0 Å². The van der Waals surface area contributed by atoms with E-state index in [0.717, 1.165) is 11.1 Å². The lowest BCUT2D eigenvalue weighted by molar-refractivity contribution is 0.208. The van der Waals surface area contributed by atoms with Gasteiger partial charge in [0.1, 0.15) is 0 Å². The van der Waals surface area contributed by atoms with Gasteiger partial charge in [-0.1, -0.05) is 65.4 Å². The minimum atomic E-state index is -0.219. The van der Waals surface area contributed by atoms with Crippen LogP contribution in [0.25, 0.3) is 0 Å². The number of rotatable bonds is 3. The van der Waals surface area contributed by atoms with Gasteiger partial charge in [-0.05, 0) is 23.8 Å². The quantitative estimate of drug-likeness (QED) is 0.830. The summed E-state index contributed by atoms with van der Waals surface area (Å²) in [4.78, 5) is 13.6. The average molecular weight is 347 g/mol. The molecule has 0 aliphatic carbocycles. The molecule has 0 aromatic heterocycles. The molecule has 2 aromatic carbocycles. The van der Waals surface area contributed by atoms with Crippen molar-refractivity contribution in [1.82, 2.24) is 10.2 Å². The molecule has 5 heteroatoms. The maximum atomic E-state index is 12.0. The first-order valence-corrected chi connectivity index (χ1v) is 7.79. The number of halogens is 2. The minimum Gasteiger partial charge on any atom is -0.327 e. The molecule has 23 heavy (non-hydrogen) atoms. The summed E-state index contributed by atoms with van der Waals surface area (Å²) in [6, 6.07) is 14.8. The van der Waals surface area contributed by atoms with E-state index >= 15 is 0 Å². The van der Waals surface area contributed by atoms with E-state index in [0.29, 0.717) is 16.6 Å². The van der Waals surface area contributed by atoms with Crippen LogP contribution in [0.1, 0.15) is 11.1 Å². The summed E-state index contributed by atoms with van der Waals surface area (Å²) in [6.45, 7) is 0.651. The van der Waals surface area contributed by atoms with Crippen LogP contribution in [0.5, 0.6) is 0 Å². The number of hydrogen-bond donors (Lipinski definition) is 1. The Hall–Kier alpha value is -2.15. The standard InChI is InChI=1S/C18H16Cl2N2O/c1-22(13-15-10-5-11-16(19)17(15)20)18(23)21-12-6-9-14-7-3-2-4-8-14/h2-5,7-8,10-11H,12-13H2,1H3,(H,21,23). The number of amides is 2. The van der Waals surface area contributed by atoms with Crippen molar-refractivity contribution >= 4 is 29.2 Å². The Bertz CT molecular complexity index is 736. The zero-order valence-electron chi connectivity index (χ0n) is 12.6. The first kappa shape index (κ1) is 17.2. The molecule has 1 N–H and O–H groups in total. The molecule has 0 saturated carbocycles. The number of benzene rings is 2. The molecule has 118 valence electrons. The normalized spacial score (nSPS) is 9.70. The molecule has 0 radical (unpaired) electrons. The average Bonchev–Trinajstić information content (AvgIpc) is 2.56. The fraction of sp³-hybridized carbons (Fsp3) is 0.167. The van der Waals surface area contributed by atoms with Crippen LogP contribution in [-0.2, 0) is 6.54 Å². The molecule has 0 heterocycles. The molecule has 2 rings (SSSR count). The molecule has 0 spiro atoms. The minimum absolute atomic E-state index is 0.219. The topological polar surface area (TPSA) is 32.3 Å². The summed E-state index contributed by atoms with van der Waals surface area (Å²) >= 11 is 12.1. The lowest BCUT2D eigenvalue weighted by atomic mass is 10.2. The van der Waals surface area contributed by atoms with Crippen molar-refractivity contribution in [2.45, 2.75) is 6.54 Å². The van der Waals surface area contributed by atoms with E-state index in [1.807, 2.05) is 36.4 Å². The van der Waals surface area contributed by atoms with Crippen molar-refractivity contribution < 1.29 is 4.79 Å². The third-order valence-electron chi connectivity index (χ3n) is 3.12. The van der Waals surface area contributed by atoms with Crippen molar-refractivity contribution in [1.29, 1.82) is 0 Å². The van der Waals surface area contributed by atoms with E-state index in [4.69, 9.17) is 23.2 Å². The zero-order chi connectivity index (χ0) is 16.7. The van der Waals surface area contributed by atoms with Gasteiger partial charge in [0.25, 0.3) is 0 Å². The van der Waals surface area contributed by atoms with E-state index in [1.165, 1.54) is 4.90 Å². The third kappa shape index (κ3) is 5.21. The summed E-state index contributed by atoms with van der Waals surface area (Å²) in [5.41, 5.74) is 1.72. The maximum Gasteiger partial charge on any atom is 0.318 e. The fourth-order valence-electron chi connectivity index (χ4n) is 1.92. The molecule has 2 amide bonds. The second-order valence-corrected chi connectivity index (χ2v) is 5.68. The Balaban J connectivity index is 1.86. The molecule has 0 bridgehead atoms. The van der Waals surface area contributed by atoms with E-state index < -0.39 is 0 Å². The predicted octanol–water partition coefficient (Wildman–Crippen LogP) is 4.19. The molecular formula is C18H16Cl2N2O. The van der Waals surface area contributed by atoms with E-state index in [9.17, 15) is 4.79 Å². The Kier molecular flexibility index (Phi) is 6.34. The first-order valence-electron chi connectivity index (χ1n) is 7.03. The predicted molar refractivity (Wildman–Crippen MR) is 94.6 cm³/mol. The van der Waals surface area contributed by atoms with Crippen LogP contribution in [0.15, 0.2) is 48.5 Å². The molecule has 0 saturated heterocycles. The monoisotopic (exact) mass is 346 g/mol. The van der Waals surface area contributed by atoms with Gasteiger partial charge in [-0.15, -0.1) is 0 Å². The highest BCUT2D eigenvalue weighted by molar-refractivity contribution is 6.42. The molecule has 2 aromatic rings. The van der Waals surface area contributed by atoms with Crippen molar-refractivity contribution in [2.75, 3.05) is 13.6 Å². The Morgan fingerprint density at radius 2 is 1.87 bits per heavy atom. The van der Waals surface area contributed by atoms with E-state index in [-0.39, 0.29) is 12.6 Å². The lowest BCUT2D eigenvalue weighted by Gasteiger charge is -2.18. The summed E-state index contributed by atoms with van der Waals surface area (Å²) < 4.78 is 0. The summed E-state index contributed by atoms with van der Waals surface area (Å²) in [5.74, 6) is 5.90. The number of hydrogen-bond acceptors (Lipinski definition) is 1. The maximum absolute atomic E-state index is 12.0. The Morgan fingerprint density at radius 3 is 2.61 bits per heavy atom. The Morgan fingerprint density at radius 1 is 1.13 bits per heavy atom. The summed E-state index contributed by atoms with van der Waals surface area (Å²) in [7, 11) is 1.69. The van der Waals surface area contributed by atoms with Crippen molar-refractivity contribution in [3.05, 3.63) is 69.7 Å². The van der Waals surface area contributed by atoms with Crippen LogP contribution in [0.2, 0.25) is 10.0 Å². The number of nitrogens with one attached hydrogen (secondary N) is 1. The summed E-state index contributed by atoms with van der Waals surface area (Å²) in [5, 5.41) is 3.69. The fourth-order valence-corrected chi connectivity index (χ4v) is 2.30. The van der Waals surface area contributed by atoms with Crippen LogP contribution >= 0.6 is 23.2 Å². The summed E-state index contributed by atoms with van der Waals surface area (Å²) in [6.07, 6.45) is 0. The number of nitrogens with zero attached hydrogens (tertiary/aromatic N) is 1. The van der Waals surface area contributed by atoms with Gasteiger partial charge < -0.3 is 10.2 Å². The number of carbonyl (C=O) groups is 1. The largest absolute Gasteiger partial charge is 0.327 e. The highest BCUT2D eigenvalue weighted by Crippen LogP contribution is 2.26. The van der Waals surface area contributed by atoms with Gasteiger partial charge in [-0.25, -0.2) is 4.79 Å². The molecular weight excluding hydrogens is 331 g/mol. The molecule has 0 unspecified atom stereocenters. The van der Waals surface area contributed by atoms with E-state index in [2.05, 4.69) is 17.2 Å². The lowest BCUT2D eigenvalue weighted by Crippen LogP contribution is -2.37. The molecule has 0 atom stereocenters. The van der Waals surface area contributed by atoms with Gasteiger partial charge in [0.2, 0.25) is 0 Å². The van der Waals surface area contributed by atoms with Crippen LogP contribution in [0, 0.1) is 11.8 Å². The molecule has 3 nitrogen and oxygen atoms in total. The van der Waals surface area contributed by atoms with Crippen molar-refractivity contribution in [3.8, 4) is 11.8 Å². The molecule has 0 aliphatic heterocycles. The van der Waals surface area contributed by atoms with Gasteiger partial charge in [0, 0.05) is 19.2 Å². The van der Waals surface area contributed by atoms with E-state index in [1.54, 1.807) is 19.2 Å².